The van der Waals surface area contributed by atoms with Crippen LogP contribution in [0.1, 0.15) is 24.3 Å². The SMILES string of the molecule is CNCCc1ncc(-c2ccc3cnc(NC(=O)C45CCN(CC4)CC5)cc3c2)s1. The maximum Gasteiger partial charge on any atom is 0.231 e. The van der Waals surface area contributed by atoms with E-state index in [2.05, 4.69) is 43.7 Å². The zero-order chi connectivity index (χ0) is 20.6. The van der Waals surface area contributed by atoms with Crippen LogP contribution in [0.4, 0.5) is 5.82 Å². The summed E-state index contributed by atoms with van der Waals surface area (Å²) in [4.78, 5) is 25.7. The van der Waals surface area contributed by atoms with Crippen molar-refractivity contribution in [2.75, 3.05) is 38.5 Å². The first kappa shape index (κ1) is 19.6. The number of amides is 1. The number of likely N-dealkylation sites (N-methyl/N-ethyl adjacent to an activating group) is 1. The van der Waals surface area contributed by atoms with Gasteiger partial charge >= 0.3 is 0 Å². The van der Waals surface area contributed by atoms with Gasteiger partial charge in [0.05, 0.1) is 15.3 Å². The number of thiazole rings is 1. The smallest absolute Gasteiger partial charge is 0.231 e. The molecule has 0 atom stereocenters. The predicted octanol–water partition coefficient (Wildman–Crippen LogP) is 3.54. The maximum absolute atomic E-state index is 13.1. The van der Waals surface area contributed by atoms with Crippen molar-refractivity contribution in [3.63, 3.8) is 0 Å². The number of fused-ring (bicyclic) bond motifs is 4. The number of rotatable bonds is 6. The number of hydrogen-bond donors (Lipinski definition) is 2. The van der Waals surface area contributed by atoms with E-state index in [1.54, 1.807) is 11.3 Å². The highest BCUT2D eigenvalue weighted by Crippen LogP contribution is 2.41. The maximum atomic E-state index is 13.1. The van der Waals surface area contributed by atoms with Crippen molar-refractivity contribution in [3.05, 3.63) is 41.7 Å². The summed E-state index contributed by atoms with van der Waals surface area (Å²) in [5.41, 5.74) is 0.942. The molecule has 3 aromatic rings. The molecule has 6 rings (SSSR count). The van der Waals surface area contributed by atoms with Crippen LogP contribution in [-0.2, 0) is 11.2 Å². The van der Waals surface area contributed by atoms with Crippen LogP contribution < -0.4 is 10.6 Å². The molecular formula is C23H27N5OS. The third-order valence-corrected chi connectivity index (χ3v) is 7.70. The lowest BCUT2D eigenvalue weighted by Crippen LogP contribution is -2.53. The Morgan fingerprint density at radius 1 is 1.10 bits per heavy atom. The minimum atomic E-state index is -0.209. The first-order valence-corrected chi connectivity index (χ1v) is 11.5. The highest BCUT2D eigenvalue weighted by atomic mass is 32.1. The third-order valence-electron chi connectivity index (χ3n) is 6.59. The first-order chi connectivity index (χ1) is 14.6. The molecule has 0 spiro atoms. The summed E-state index contributed by atoms with van der Waals surface area (Å²) >= 11 is 1.73. The van der Waals surface area contributed by atoms with Crippen molar-refractivity contribution in [1.82, 2.24) is 20.2 Å². The minimum Gasteiger partial charge on any atom is -0.319 e. The van der Waals surface area contributed by atoms with Crippen LogP contribution in [-0.4, -0.2) is 54.0 Å². The highest BCUT2D eigenvalue weighted by molar-refractivity contribution is 7.15. The third kappa shape index (κ3) is 3.73. The van der Waals surface area contributed by atoms with Crippen LogP contribution in [0.5, 0.6) is 0 Å². The van der Waals surface area contributed by atoms with Gasteiger partial charge in [0.25, 0.3) is 0 Å². The van der Waals surface area contributed by atoms with Gasteiger partial charge in [-0.1, -0.05) is 12.1 Å². The summed E-state index contributed by atoms with van der Waals surface area (Å²) in [6, 6.07) is 8.37. The molecule has 5 heterocycles. The van der Waals surface area contributed by atoms with E-state index in [0.29, 0.717) is 5.82 Å². The predicted molar refractivity (Wildman–Crippen MR) is 122 cm³/mol. The van der Waals surface area contributed by atoms with Crippen LogP contribution in [0.2, 0.25) is 0 Å². The normalized spacial score (nSPS) is 23.0. The van der Waals surface area contributed by atoms with Gasteiger partial charge in [-0.15, -0.1) is 11.3 Å². The summed E-state index contributed by atoms with van der Waals surface area (Å²) in [5, 5.41) is 9.58. The molecule has 0 aliphatic carbocycles. The van der Waals surface area contributed by atoms with Crippen molar-refractivity contribution in [1.29, 1.82) is 0 Å². The molecule has 3 aliphatic rings. The number of nitrogens with zero attached hydrogens (tertiary/aromatic N) is 3. The van der Waals surface area contributed by atoms with Gasteiger partial charge in [-0.3, -0.25) is 4.79 Å². The molecule has 156 valence electrons. The molecule has 1 aromatic carbocycles. The molecule has 2 aromatic heterocycles. The van der Waals surface area contributed by atoms with Crippen LogP contribution >= 0.6 is 11.3 Å². The average molecular weight is 422 g/mol. The lowest BCUT2D eigenvalue weighted by molar-refractivity contribution is -0.132. The van der Waals surface area contributed by atoms with Crippen molar-refractivity contribution in [3.8, 4) is 10.4 Å². The summed E-state index contributed by atoms with van der Waals surface area (Å²) in [5.74, 6) is 0.785. The molecule has 0 unspecified atom stereocenters. The fourth-order valence-electron chi connectivity index (χ4n) is 4.57. The van der Waals surface area contributed by atoms with Gasteiger partial charge < -0.3 is 15.5 Å². The Bertz CT molecular complexity index is 1060. The Morgan fingerprint density at radius 3 is 2.67 bits per heavy atom. The summed E-state index contributed by atoms with van der Waals surface area (Å²) in [6.07, 6.45) is 7.61. The lowest BCUT2D eigenvalue weighted by atomic mass is 9.71. The van der Waals surface area contributed by atoms with E-state index in [9.17, 15) is 4.79 Å². The molecule has 1 amide bonds. The van der Waals surface area contributed by atoms with Gasteiger partial charge in [0.15, 0.2) is 0 Å². The number of nitrogens with one attached hydrogen (secondary N) is 2. The first-order valence-electron chi connectivity index (χ1n) is 10.7. The van der Waals surface area contributed by atoms with Crippen molar-refractivity contribution in [2.24, 2.45) is 5.41 Å². The van der Waals surface area contributed by atoms with E-state index in [4.69, 9.17) is 0 Å². The van der Waals surface area contributed by atoms with Gasteiger partial charge in [-0.25, -0.2) is 9.97 Å². The number of hydrogen-bond acceptors (Lipinski definition) is 6. The molecule has 0 radical (unpaired) electrons. The standard InChI is InChI=1S/C23H27N5OS/c1-24-8-4-21-26-15-19(30-21)16-2-3-17-14-25-20(13-18(17)12-16)27-22(29)23-5-9-28(10-6-23)11-7-23/h2-3,12-15,24H,4-11H2,1H3,(H,25,27,29). The Labute approximate surface area is 180 Å². The van der Waals surface area contributed by atoms with E-state index in [-0.39, 0.29) is 11.3 Å². The molecular weight excluding hydrogens is 394 g/mol. The van der Waals surface area contributed by atoms with E-state index in [0.717, 1.165) is 73.2 Å². The number of piperidine rings is 3. The number of pyridine rings is 1. The van der Waals surface area contributed by atoms with Gasteiger partial charge in [0.1, 0.15) is 5.82 Å². The number of carbonyl (C=O) groups is 1. The summed E-state index contributed by atoms with van der Waals surface area (Å²) in [6.45, 7) is 4.03. The van der Waals surface area contributed by atoms with Gasteiger partial charge in [-0.2, -0.15) is 0 Å². The molecule has 7 heteroatoms. The number of anilines is 1. The highest BCUT2D eigenvalue weighted by Gasteiger charge is 2.45. The molecule has 3 aliphatic heterocycles. The Kier molecular flexibility index (Phi) is 5.26. The Morgan fingerprint density at radius 2 is 1.90 bits per heavy atom. The summed E-state index contributed by atoms with van der Waals surface area (Å²) in [7, 11) is 1.96. The number of aromatic nitrogens is 2. The van der Waals surface area contributed by atoms with Crippen molar-refractivity contribution >= 4 is 33.8 Å². The van der Waals surface area contributed by atoms with Gasteiger partial charge in [-0.05, 0) is 69.0 Å². The molecule has 3 saturated heterocycles. The monoisotopic (exact) mass is 421 g/mol. The largest absolute Gasteiger partial charge is 0.319 e. The minimum absolute atomic E-state index is 0.140. The Hall–Kier alpha value is -2.35. The van der Waals surface area contributed by atoms with E-state index >= 15 is 0 Å². The van der Waals surface area contributed by atoms with Crippen molar-refractivity contribution < 1.29 is 4.79 Å². The van der Waals surface area contributed by atoms with Crippen LogP contribution in [0, 0.1) is 5.41 Å². The topological polar surface area (TPSA) is 70.1 Å². The summed E-state index contributed by atoms with van der Waals surface area (Å²) < 4.78 is 0. The fraction of sp³-hybridized carbons (Fsp3) is 0.435. The quantitative estimate of drug-likeness (QED) is 0.637. The lowest BCUT2D eigenvalue weighted by Gasteiger charge is -2.47. The van der Waals surface area contributed by atoms with E-state index < -0.39 is 0 Å². The van der Waals surface area contributed by atoms with E-state index in [1.165, 1.54) is 4.88 Å². The number of carbonyl (C=O) groups excluding carboxylic acids is 1. The second-order valence-corrected chi connectivity index (χ2v) is 9.54. The van der Waals surface area contributed by atoms with Crippen LogP contribution in [0.25, 0.3) is 21.2 Å². The second kappa shape index (κ2) is 8.06. The molecule has 3 fully saturated rings. The molecule has 30 heavy (non-hydrogen) atoms. The molecule has 2 bridgehead atoms. The zero-order valence-electron chi connectivity index (χ0n) is 17.3. The molecule has 6 nitrogen and oxygen atoms in total. The molecule has 2 N–H and O–H groups in total. The molecule has 0 saturated carbocycles. The van der Waals surface area contributed by atoms with Crippen LogP contribution in [0.3, 0.4) is 0 Å². The number of benzene rings is 1. The van der Waals surface area contributed by atoms with Crippen molar-refractivity contribution in [2.45, 2.75) is 25.7 Å². The Balaban J connectivity index is 1.37. The fourth-order valence-corrected chi connectivity index (χ4v) is 5.48. The average Bonchev–Trinajstić information content (AvgIpc) is 3.27. The van der Waals surface area contributed by atoms with Gasteiger partial charge in [0.2, 0.25) is 5.91 Å². The van der Waals surface area contributed by atoms with Gasteiger partial charge in [0, 0.05) is 30.7 Å². The van der Waals surface area contributed by atoms with Crippen LogP contribution in [0.15, 0.2) is 36.7 Å². The zero-order valence-corrected chi connectivity index (χ0v) is 18.1. The van der Waals surface area contributed by atoms with E-state index in [1.807, 2.05) is 25.5 Å². The second-order valence-electron chi connectivity index (χ2n) is 8.43.